The number of benzene rings is 1. The zero-order chi connectivity index (χ0) is 21.0. The molecule has 27 heavy (non-hydrogen) atoms. The molecule has 0 unspecified atom stereocenters. The number of halogens is 6. The second-order valence-corrected chi connectivity index (χ2v) is 9.38. The smallest absolute Gasteiger partial charge is 0.377 e. The molecule has 10 heteroatoms. The maximum atomic E-state index is 13.0. The van der Waals surface area contributed by atoms with E-state index in [1.165, 1.54) is 7.11 Å². The van der Waals surface area contributed by atoms with Gasteiger partial charge in [-0.3, -0.25) is 0 Å². The second kappa shape index (κ2) is 8.93. The van der Waals surface area contributed by atoms with Gasteiger partial charge >= 0.3 is 21.2 Å². The van der Waals surface area contributed by atoms with Gasteiger partial charge in [-0.05, 0) is 57.9 Å². The standard InChI is InChI=1S/C17H24F6O3Si/c1-11(2)25-27(24-5,26-12(3)4)7-6-13-8-14(16(18,19)20)10-15(9-13)17(21,22)23/h8-12H,6-7H2,1-5H3. The molecule has 1 rings (SSSR count). The average molecular weight is 418 g/mol. The minimum absolute atomic E-state index is 0.0540. The fourth-order valence-electron chi connectivity index (χ4n) is 2.52. The maximum Gasteiger partial charge on any atom is 0.501 e. The molecule has 0 saturated carbocycles. The van der Waals surface area contributed by atoms with Gasteiger partial charge in [-0.2, -0.15) is 26.3 Å². The molecule has 0 aliphatic heterocycles. The normalized spacial score (nSPS) is 13.7. The molecule has 0 radical (unpaired) electrons. The summed E-state index contributed by atoms with van der Waals surface area (Å²) in [5.41, 5.74) is -2.79. The molecule has 0 fully saturated rings. The van der Waals surface area contributed by atoms with E-state index in [1.807, 2.05) is 0 Å². The maximum absolute atomic E-state index is 13.0. The fourth-order valence-corrected chi connectivity index (χ4v) is 5.24. The number of hydrogen-bond acceptors (Lipinski definition) is 3. The van der Waals surface area contributed by atoms with Gasteiger partial charge in [0.1, 0.15) is 0 Å². The van der Waals surface area contributed by atoms with E-state index in [9.17, 15) is 26.3 Å². The average Bonchev–Trinajstić information content (AvgIpc) is 2.49. The second-order valence-electron chi connectivity index (χ2n) is 6.63. The van der Waals surface area contributed by atoms with Gasteiger partial charge in [0.05, 0.1) is 11.1 Å². The summed E-state index contributed by atoms with van der Waals surface area (Å²) in [5.74, 6) is 0. The highest BCUT2D eigenvalue weighted by Gasteiger charge is 2.42. The zero-order valence-electron chi connectivity index (χ0n) is 15.8. The number of rotatable bonds is 8. The van der Waals surface area contributed by atoms with Crippen molar-refractivity contribution in [3.8, 4) is 0 Å². The Labute approximate surface area is 156 Å². The highest BCUT2D eigenvalue weighted by atomic mass is 28.4. The third-order valence-corrected chi connectivity index (χ3v) is 6.65. The molecule has 0 spiro atoms. The van der Waals surface area contributed by atoms with Crippen molar-refractivity contribution in [2.75, 3.05) is 7.11 Å². The summed E-state index contributed by atoms with van der Waals surface area (Å²) in [5, 5.41) is 0. The van der Waals surface area contributed by atoms with Gasteiger partial charge in [-0.1, -0.05) is 0 Å². The minimum Gasteiger partial charge on any atom is -0.377 e. The molecule has 0 aromatic heterocycles. The summed E-state index contributed by atoms with van der Waals surface area (Å²) in [6.45, 7) is 6.99. The lowest BCUT2D eigenvalue weighted by Crippen LogP contribution is -2.48. The first-order valence-corrected chi connectivity index (χ1v) is 10.3. The lowest BCUT2D eigenvalue weighted by Gasteiger charge is -2.31. The van der Waals surface area contributed by atoms with Crippen molar-refractivity contribution in [2.24, 2.45) is 0 Å². The van der Waals surface area contributed by atoms with E-state index in [-0.39, 0.29) is 36.3 Å². The molecular formula is C17H24F6O3Si. The van der Waals surface area contributed by atoms with Gasteiger partial charge in [-0.15, -0.1) is 0 Å². The predicted molar refractivity (Wildman–Crippen MR) is 90.2 cm³/mol. The fraction of sp³-hybridized carbons (Fsp3) is 0.647. The van der Waals surface area contributed by atoms with Crippen LogP contribution in [0, 0.1) is 0 Å². The lowest BCUT2D eigenvalue weighted by atomic mass is 10.0. The van der Waals surface area contributed by atoms with Crippen LogP contribution in [0.3, 0.4) is 0 Å². The van der Waals surface area contributed by atoms with Crippen molar-refractivity contribution >= 4 is 8.80 Å². The van der Waals surface area contributed by atoms with Gasteiger partial charge in [0, 0.05) is 25.4 Å². The molecule has 0 heterocycles. The van der Waals surface area contributed by atoms with Crippen molar-refractivity contribution in [1.29, 1.82) is 0 Å². The van der Waals surface area contributed by atoms with E-state index in [2.05, 4.69) is 0 Å². The van der Waals surface area contributed by atoms with Crippen molar-refractivity contribution in [3.05, 3.63) is 34.9 Å². The Bertz CT molecular complexity index is 571. The molecule has 0 N–H and O–H groups in total. The third-order valence-electron chi connectivity index (χ3n) is 3.51. The number of aryl methyl sites for hydroxylation is 1. The van der Waals surface area contributed by atoms with Crippen LogP contribution in [0.5, 0.6) is 0 Å². The Balaban J connectivity index is 3.21. The monoisotopic (exact) mass is 418 g/mol. The molecule has 0 aliphatic carbocycles. The van der Waals surface area contributed by atoms with E-state index in [0.717, 1.165) is 12.1 Å². The van der Waals surface area contributed by atoms with Crippen molar-refractivity contribution in [1.82, 2.24) is 0 Å². The van der Waals surface area contributed by atoms with E-state index >= 15 is 0 Å². The topological polar surface area (TPSA) is 27.7 Å². The van der Waals surface area contributed by atoms with Gasteiger partial charge in [0.15, 0.2) is 0 Å². The van der Waals surface area contributed by atoms with Crippen LogP contribution in [0.2, 0.25) is 6.04 Å². The van der Waals surface area contributed by atoms with Crippen molar-refractivity contribution in [2.45, 2.75) is 64.7 Å². The zero-order valence-corrected chi connectivity index (χ0v) is 16.8. The Kier molecular flexibility index (Phi) is 7.92. The number of alkyl halides is 6. The van der Waals surface area contributed by atoms with Crippen LogP contribution >= 0.6 is 0 Å². The Morgan fingerprint density at radius 1 is 0.815 bits per heavy atom. The van der Waals surface area contributed by atoms with Crippen molar-refractivity contribution in [3.63, 3.8) is 0 Å². The van der Waals surface area contributed by atoms with Crippen LogP contribution in [-0.4, -0.2) is 28.1 Å². The first-order chi connectivity index (χ1) is 12.2. The van der Waals surface area contributed by atoms with Gasteiger partial charge in [0.2, 0.25) is 0 Å². The first kappa shape index (κ1) is 23.9. The molecule has 1 aromatic rings. The van der Waals surface area contributed by atoms with Crippen LogP contribution in [0.4, 0.5) is 26.3 Å². The molecule has 0 saturated heterocycles. The molecule has 3 nitrogen and oxygen atoms in total. The van der Waals surface area contributed by atoms with Gasteiger partial charge < -0.3 is 13.3 Å². The molecule has 0 aliphatic rings. The van der Waals surface area contributed by atoms with Crippen LogP contribution < -0.4 is 0 Å². The van der Waals surface area contributed by atoms with Crippen LogP contribution in [0.1, 0.15) is 44.4 Å². The number of hydrogen-bond donors (Lipinski definition) is 0. The summed E-state index contributed by atoms with van der Waals surface area (Å²) < 4.78 is 94.9. The molecule has 0 bridgehead atoms. The van der Waals surface area contributed by atoms with Crippen LogP contribution in [0.25, 0.3) is 0 Å². The van der Waals surface area contributed by atoms with Crippen LogP contribution in [0.15, 0.2) is 18.2 Å². The quantitative estimate of drug-likeness (QED) is 0.400. The minimum atomic E-state index is -4.88. The first-order valence-electron chi connectivity index (χ1n) is 8.37. The summed E-state index contributed by atoms with van der Waals surface area (Å²) >= 11 is 0. The van der Waals surface area contributed by atoms with Crippen LogP contribution in [-0.2, 0) is 32.1 Å². The van der Waals surface area contributed by atoms with Gasteiger partial charge in [-0.25, -0.2) is 0 Å². The molecule has 0 atom stereocenters. The summed E-state index contributed by atoms with van der Waals surface area (Å²) in [6.07, 6.45) is -10.4. The van der Waals surface area contributed by atoms with E-state index in [4.69, 9.17) is 13.3 Å². The van der Waals surface area contributed by atoms with Crippen molar-refractivity contribution < 1.29 is 39.6 Å². The summed E-state index contributed by atoms with van der Waals surface area (Å²) in [6, 6.07) is 1.60. The molecule has 1 aromatic carbocycles. The van der Waals surface area contributed by atoms with E-state index < -0.39 is 32.3 Å². The SMILES string of the molecule is CO[Si](CCc1cc(C(F)(F)F)cc(C(F)(F)F)c1)(OC(C)C)OC(C)C. The summed E-state index contributed by atoms with van der Waals surface area (Å²) in [4.78, 5) is 0. The highest BCUT2D eigenvalue weighted by Crippen LogP contribution is 2.37. The Hall–Kier alpha value is -1.10. The molecule has 0 amide bonds. The predicted octanol–water partition coefficient (Wildman–Crippen LogP) is 5.70. The third kappa shape index (κ3) is 7.44. The Morgan fingerprint density at radius 3 is 1.52 bits per heavy atom. The van der Waals surface area contributed by atoms with Gasteiger partial charge in [0.25, 0.3) is 0 Å². The largest absolute Gasteiger partial charge is 0.501 e. The molecule has 156 valence electrons. The molecular weight excluding hydrogens is 394 g/mol. The van der Waals surface area contributed by atoms with E-state index in [1.54, 1.807) is 27.7 Å². The lowest BCUT2D eigenvalue weighted by molar-refractivity contribution is -0.143. The van der Waals surface area contributed by atoms with E-state index in [0.29, 0.717) is 0 Å². The highest BCUT2D eigenvalue weighted by molar-refractivity contribution is 6.60. The summed E-state index contributed by atoms with van der Waals surface area (Å²) in [7, 11) is -1.90. The Morgan fingerprint density at radius 2 is 1.22 bits per heavy atom.